The van der Waals surface area contributed by atoms with E-state index in [4.69, 9.17) is 11.6 Å². The highest BCUT2D eigenvalue weighted by molar-refractivity contribution is 6.16. The first-order chi connectivity index (χ1) is 9.79. The van der Waals surface area contributed by atoms with Crippen molar-refractivity contribution in [1.82, 2.24) is 14.8 Å². The fraction of sp³-hybridized carbons (Fsp3) is 0.0667. The molecule has 0 atom stereocenters. The Kier molecular flexibility index (Phi) is 3.39. The lowest BCUT2D eigenvalue weighted by molar-refractivity contribution is 0.475. The number of hydrogen-bond acceptors (Lipinski definition) is 3. The normalized spacial score (nSPS) is 10.7. The summed E-state index contributed by atoms with van der Waals surface area (Å²) >= 11 is 5.94. The molecule has 3 rings (SSSR count). The summed E-state index contributed by atoms with van der Waals surface area (Å²) in [4.78, 5) is 0. The Morgan fingerprint density at radius 2 is 1.80 bits per heavy atom. The van der Waals surface area contributed by atoms with Gasteiger partial charge in [-0.1, -0.05) is 36.4 Å². The van der Waals surface area contributed by atoms with Crippen molar-refractivity contribution >= 4 is 11.6 Å². The van der Waals surface area contributed by atoms with E-state index < -0.39 is 0 Å². The first kappa shape index (κ1) is 12.7. The van der Waals surface area contributed by atoms with Gasteiger partial charge in [-0.15, -0.1) is 21.8 Å². The van der Waals surface area contributed by atoms with Crippen molar-refractivity contribution in [1.29, 1.82) is 0 Å². The number of phenolic OH excluding ortho intramolecular Hbond substituents is 1. The Hall–Kier alpha value is -2.33. The van der Waals surface area contributed by atoms with Crippen molar-refractivity contribution in [2.24, 2.45) is 0 Å². The van der Waals surface area contributed by atoms with Crippen LogP contribution in [0.4, 0.5) is 0 Å². The molecular weight excluding hydrogens is 274 g/mol. The third-order valence-corrected chi connectivity index (χ3v) is 3.21. The highest BCUT2D eigenvalue weighted by Gasteiger charge is 2.14. The second kappa shape index (κ2) is 5.35. The minimum atomic E-state index is 0.190. The molecule has 0 spiro atoms. The van der Waals surface area contributed by atoms with Gasteiger partial charge in [-0.05, 0) is 12.1 Å². The second-order valence-electron chi connectivity index (χ2n) is 4.29. The molecule has 4 nitrogen and oxygen atoms in total. The Bertz CT molecular complexity index is 725. The number of halogens is 1. The predicted octanol–water partition coefficient (Wildman–Crippen LogP) is 3.38. The fourth-order valence-electron chi connectivity index (χ4n) is 2.08. The summed E-state index contributed by atoms with van der Waals surface area (Å²) in [5, 5.41) is 18.0. The van der Waals surface area contributed by atoms with Crippen molar-refractivity contribution in [3.8, 4) is 22.8 Å². The molecule has 1 heterocycles. The van der Waals surface area contributed by atoms with Crippen LogP contribution in [0.25, 0.3) is 17.1 Å². The van der Waals surface area contributed by atoms with Gasteiger partial charge in [-0.25, -0.2) is 0 Å². The van der Waals surface area contributed by atoms with Crippen LogP contribution < -0.4 is 0 Å². The van der Waals surface area contributed by atoms with Gasteiger partial charge < -0.3 is 5.11 Å². The van der Waals surface area contributed by atoms with Crippen molar-refractivity contribution in [3.05, 3.63) is 60.4 Å². The molecule has 3 aromatic rings. The average molecular weight is 286 g/mol. The summed E-state index contributed by atoms with van der Waals surface area (Å²) in [6.07, 6.45) is 0. The van der Waals surface area contributed by atoms with Crippen LogP contribution in [0.1, 0.15) is 5.82 Å². The van der Waals surface area contributed by atoms with Gasteiger partial charge in [-0.2, -0.15) is 0 Å². The SMILES string of the molecule is Oc1cccc(-n2c(CCl)nnc2-c2ccccc2)c1. The van der Waals surface area contributed by atoms with E-state index >= 15 is 0 Å². The van der Waals surface area contributed by atoms with Crippen LogP contribution in [0.15, 0.2) is 54.6 Å². The molecule has 20 heavy (non-hydrogen) atoms. The quantitative estimate of drug-likeness (QED) is 0.751. The van der Waals surface area contributed by atoms with Crippen LogP contribution in [0.2, 0.25) is 0 Å². The molecule has 0 aliphatic rings. The van der Waals surface area contributed by atoms with Gasteiger partial charge in [0.2, 0.25) is 0 Å². The van der Waals surface area contributed by atoms with E-state index in [1.165, 1.54) is 0 Å². The first-order valence-electron chi connectivity index (χ1n) is 6.14. The number of phenols is 1. The number of nitrogens with zero attached hydrogens (tertiary/aromatic N) is 3. The van der Waals surface area contributed by atoms with E-state index in [1.807, 2.05) is 41.0 Å². The van der Waals surface area contributed by atoms with Crippen molar-refractivity contribution in [2.75, 3.05) is 0 Å². The number of hydrogen-bond donors (Lipinski definition) is 1. The van der Waals surface area contributed by atoms with E-state index in [2.05, 4.69) is 10.2 Å². The molecule has 5 heteroatoms. The lowest BCUT2D eigenvalue weighted by Crippen LogP contribution is -2.01. The summed E-state index contributed by atoms with van der Waals surface area (Å²) in [6, 6.07) is 16.7. The third-order valence-electron chi connectivity index (χ3n) is 2.97. The summed E-state index contributed by atoms with van der Waals surface area (Å²) < 4.78 is 1.85. The zero-order chi connectivity index (χ0) is 13.9. The van der Waals surface area contributed by atoms with Crippen molar-refractivity contribution < 1.29 is 5.11 Å². The minimum absolute atomic E-state index is 0.190. The van der Waals surface area contributed by atoms with Crippen LogP contribution in [-0.4, -0.2) is 19.9 Å². The molecule has 0 aliphatic heterocycles. The Balaban J connectivity index is 2.21. The van der Waals surface area contributed by atoms with Crippen LogP contribution in [0.3, 0.4) is 0 Å². The van der Waals surface area contributed by atoms with E-state index in [1.54, 1.807) is 18.2 Å². The van der Waals surface area contributed by atoms with Gasteiger partial charge in [0.15, 0.2) is 11.6 Å². The Morgan fingerprint density at radius 3 is 2.50 bits per heavy atom. The molecule has 0 bridgehead atoms. The number of benzene rings is 2. The Labute approximate surface area is 121 Å². The summed E-state index contributed by atoms with van der Waals surface area (Å²) in [5.41, 5.74) is 1.73. The maximum Gasteiger partial charge on any atom is 0.168 e. The number of aromatic nitrogens is 3. The van der Waals surface area contributed by atoms with Gasteiger partial charge in [0, 0.05) is 11.6 Å². The molecule has 0 saturated heterocycles. The zero-order valence-electron chi connectivity index (χ0n) is 10.6. The molecule has 0 amide bonds. The fourth-order valence-corrected chi connectivity index (χ4v) is 2.25. The van der Waals surface area contributed by atoms with Crippen LogP contribution in [-0.2, 0) is 5.88 Å². The summed E-state index contributed by atoms with van der Waals surface area (Å²) in [6.45, 7) is 0. The van der Waals surface area contributed by atoms with Gasteiger partial charge in [0.05, 0.1) is 11.6 Å². The average Bonchev–Trinajstić information content (AvgIpc) is 2.92. The number of rotatable bonds is 3. The zero-order valence-corrected chi connectivity index (χ0v) is 11.3. The standard InChI is InChI=1S/C15H12ClN3O/c16-10-14-17-18-15(11-5-2-1-3-6-11)19(14)12-7-4-8-13(20)9-12/h1-9,20H,10H2. The molecule has 2 aromatic carbocycles. The van der Waals surface area contributed by atoms with Crippen LogP contribution in [0.5, 0.6) is 5.75 Å². The highest BCUT2D eigenvalue weighted by Crippen LogP contribution is 2.25. The largest absolute Gasteiger partial charge is 0.508 e. The van der Waals surface area contributed by atoms with Crippen LogP contribution in [0, 0.1) is 0 Å². The topological polar surface area (TPSA) is 50.9 Å². The molecule has 0 radical (unpaired) electrons. The first-order valence-corrected chi connectivity index (χ1v) is 6.68. The maximum absolute atomic E-state index is 9.65. The van der Waals surface area contributed by atoms with Crippen molar-refractivity contribution in [2.45, 2.75) is 5.88 Å². The van der Waals surface area contributed by atoms with E-state index in [0.29, 0.717) is 11.6 Å². The van der Waals surface area contributed by atoms with Crippen LogP contribution >= 0.6 is 11.6 Å². The number of alkyl halides is 1. The van der Waals surface area contributed by atoms with E-state index in [0.717, 1.165) is 11.3 Å². The van der Waals surface area contributed by atoms with Gasteiger partial charge in [0.1, 0.15) is 5.75 Å². The molecule has 0 unspecified atom stereocenters. The molecule has 100 valence electrons. The molecular formula is C15H12ClN3O. The molecule has 0 aliphatic carbocycles. The summed E-state index contributed by atoms with van der Waals surface area (Å²) in [7, 11) is 0. The smallest absolute Gasteiger partial charge is 0.168 e. The second-order valence-corrected chi connectivity index (χ2v) is 4.56. The molecule has 1 aromatic heterocycles. The lowest BCUT2D eigenvalue weighted by atomic mass is 10.2. The summed E-state index contributed by atoms with van der Waals surface area (Å²) in [5.74, 6) is 1.77. The van der Waals surface area contributed by atoms with Gasteiger partial charge in [0.25, 0.3) is 0 Å². The highest BCUT2D eigenvalue weighted by atomic mass is 35.5. The van der Waals surface area contributed by atoms with E-state index in [-0.39, 0.29) is 11.6 Å². The molecule has 0 fully saturated rings. The maximum atomic E-state index is 9.65. The van der Waals surface area contributed by atoms with Crippen molar-refractivity contribution in [3.63, 3.8) is 0 Å². The van der Waals surface area contributed by atoms with E-state index in [9.17, 15) is 5.11 Å². The monoisotopic (exact) mass is 285 g/mol. The Morgan fingerprint density at radius 1 is 1.00 bits per heavy atom. The molecule has 0 saturated carbocycles. The third kappa shape index (κ3) is 2.26. The number of aromatic hydroxyl groups is 1. The molecule has 1 N–H and O–H groups in total. The van der Waals surface area contributed by atoms with Gasteiger partial charge >= 0.3 is 0 Å². The van der Waals surface area contributed by atoms with Gasteiger partial charge in [-0.3, -0.25) is 4.57 Å². The lowest BCUT2D eigenvalue weighted by Gasteiger charge is -2.09. The minimum Gasteiger partial charge on any atom is -0.508 e. The predicted molar refractivity (Wildman–Crippen MR) is 78.0 cm³/mol.